The lowest BCUT2D eigenvalue weighted by Crippen LogP contribution is -2.05. The second-order valence-electron chi connectivity index (χ2n) is 7.14. The summed E-state index contributed by atoms with van der Waals surface area (Å²) in [5, 5.41) is 3.86. The van der Waals surface area contributed by atoms with Gasteiger partial charge in [-0.2, -0.15) is 0 Å². The summed E-state index contributed by atoms with van der Waals surface area (Å²) in [6.07, 6.45) is 10.2. The van der Waals surface area contributed by atoms with Crippen LogP contribution in [0, 0.1) is 13.8 Å². The Hall–Kier alpha value is -3.09. The molecule has 0 spiro atoms. The second kappa shape index (κ2) is 13.3. The fourth-order valence-corrected chi connectivity index (χ4v) is 2.95. The van der Waals surface area contributed by atoms with Gasteiger partial charge < -0.3 is 19.0 Å². The Morgan fingerprint density at radius 3 is 2.23 bits per heavy atom. The third-order valence-electron chi connectivity index (χ3n) is 4.56. The molecule has 2 aromatic rings. The van der Waals surface area contributed by atoms with Crippen LogP contribution in [-0.2, 0) is 4.84 Å². The molecule has 2 rings (SSSR count). The van der Waals surface area contributed by atoms with E-state index >= 15 is 0 Å². The molecular formula is C24H33N3O4. The molecule has 1 aromatic heterocycles. The van der Waals surface area contributed by atoms with Crippen molar-refractivity contribution in [1.82, 2.24) is 9.97 Å². The van der Waals surface area contributed by atoms with Crippen molar-refractivity contribution in [3.05, 3.63) is 53.4 Å². The molecule has 7 nitrogen and oxygen atoms in total. The number of hydrogen-bond donors (Lipinski definition) is 0. The number of oxime groups is 1. The van der Waals surface area contributed by atoms with E-state index in [0.717, 1.165) is 53.2 Å². The fraction of sp³-hybridized carbons (Fsp3) is 0.458. The Bertz CT molecular complexity index is 841. The van der Waals surface area contributed by atoms with Crippen molar-refractivity contribution in [3.8, 4) is 17.5 Å². The van der Waals surface area contributed by atoms with Gasteiger partial charge in [0, 0.05) is 18.0 Å². The molecule has 0 bridgehead atoms. The minimum atomic E-state index is 0.369. The van der Waals surface area contributed by atoms with E-state index in [1.54, 1.807) is 12.4 Å². The Labute approximate surface area is 185 Å². The number of benzene rings is 1. The zero-order chi connectivity index (χ0) is 22.5. The molecule has 0 aliphatic heterocycles. The SMILES string of the molecule is C/C=C/COc1cc(C)c(OCCCCCOc2ncc(C(C)=NOC)cn2)c(C)c1. The van der Waals surface area contributed by atoms with Crippen LogP contribution < -0.4 is 14.2 Å². The number of aromatic nitrogens is 2. The molecule has 0 amide bonds. The van der Waals surface area contributed by atoms with Gasteiger partial charge in [-0.15, -0.1) is 0 Å². The van der Waals surface area contributed by atoms with Crippen LogP contribution >= 0.6 is 0 Å². The summed E-state index contributed by atoms with van der Waals surface area (Å²) in [7, 11) is 1.51. The van der Waals surface area contributed by atoms with E-state index in [9.17, 15) is 0 Å². The van der Waals surface area contributed by atoms with Gasteiger partial charge in [0.25, 0.3) is 0 Å². The van der Waals surface area contributed by atoms with E-state index < -0.39 is 0 Å². The van der Waals surface area contributed by atoms with Crippen LogP contribution in [0.25, 0.3) is 0 Å². The highest BCUT2D eigenvalue weighted by Crippen LogP contribution is 2.28. The van der Waals surface area contributed by atoms with Gasteiger partial charge >= 0.3 is 6.01 Å². The third kappa shape index (κ3) is 8.28. The van der Waals surface area contributed by atoms with Crippen molar-refractivity contribution in [2.45, 2.75) is 47.0 Å². The molecule has 0 saturated heterocycles. The van der Waals surface area contributed by atoms with E-state index in [1.807, 2.05) is 52.0 Å². The lowest BCUT2D eigenvalue weighted by atomic mass is 10.1. The first-order valence-electron chi connectivity index (χ1n) is 10.6. The van der Waals surface area contributed by atoms with E-state index in [-0.39, 0.29) is 0 Å². The summed E-state index contributed by atoms with van der Waals surface area (Å²) < 4.78 is 17.3. The van der Waals surface area contributed by atoms with Crippen molar-refractivity contribution in [1.29, 1.82) is 0 Å². The van der Waals surface area contributed by atoms with Crippen molar-refractivity contribution in [3.63, 3.8) is 0 Å². The number of allylic oxidation sites excluding steroid dienone is 1. The van der Waals surface area contributed by atoms with Crippen LogP contribution in [0.3, 0.4) is 0 Å². The second-order valence-corrected chi connectivity index (χ2v) is 7.14. The smallest absolute Gasteiger partial charge is 0.316 e. The van der Waals surface area contributed by atoms with Gasteiger partial charge in [-0.25, -0.2) is 9.97 Å². The molecule has 7 heteroatoms. The number of rotatable bonds is 13. The van der Waals surface area contributed by atoms with E-state index in [4.69, 9.17) is 19.0 Å². The summed E-state index contributed by atoms with van der Waals surface area (Å²) in [6, 6.07) is 4.41. The first kappa shape index (κ1) is 24.2. The van der Waals surface area contributed by atoms with E-state index in [2.05, 4.69) is 15.1 Å². The highest BCUT2D eigenvalue weighted by atomic mass is 16.6. The van der Waals surface area contributed by atoms with Crippen LogP contribution in [0.15, 0.2) is 41.8 Å². The monoisotopic (exact) mass is 427 g/mol. The van der Waals surface area contributed by atoms with Gasteiger partial charge in [0.1, 0.15) is 25.2 Å². The Morgan fingerprint density at radius 1 is 0.968 bits per heavy atom. The number of hydrogen-bond acceptors (Lipinski definition) is 7. The topological polar surface area (TPSA) is 75.1 Å². The van der Waals surface area contributed by atoms with Gasteiger partial charge in [0.15, 0.2) is 0 Å². The Morgan fingerprint density at radius 2 is 1.61 bits per heavy atom. The maximum atomic E-state index is 6.01. The summed E-state index contributed by atoms with van der Waals surface area (Å²) in [5.41, 5.74) is 3.69. The molecule has 31 heavy (non-hydrogen) atoms. The number of nitrogens with zero attached hydrogens (tertiary/aromatic N) is 3. The molecular weight excluding hydrogens is 394 g/mol. The highest BCUT2D eigenvalue weighted by Gasteiger charge is 2.07. The zero-order valence-corrected chi connectivity index (χ0v) is 19.2. The quantitative estimate of drug-likeness (QED) is 0.193. The van der Waals surface area contributed by atoms with E-state index in [0.29, 0.717) is 25.8 Å². The van der Waals surface area contributed by atoms with Crippen LogP contribution in [0.5, 0.6) is 17.5 Å². The molecule has 1 heterocycles. The van der Waals surface area contributed by atoms with Crippen LogP contribution in [0.2, 0.25) is 0 Å². The van der Waals surface area contributed by atoms with Crippen molar-refractivity contribution in [2.24, 2.45) is 5.16 Å². The summed E-state index contributed by atoms with van der Waals surface area (Å²) in [5.74, 6) is 1.81. The standard InChI is InChI=1S/C24H33N3O4/c1-6-7-11-29-22-14-18(2)23(19(3)15-22)30-12-9-8-10-13-31-24-25-16-21(17-26-24)20(4)27-28-5/h6-7,14-17H,8-13H2,1-5H3/b7-6+,27-20?. The van der Waals surface area contributed by atoms with Crippen LogP contribution in [0.1, 0.15) is 49.8 Å². The number of ether oxygens (including phenoxy) is 3. The number of unbranched alkanes of at least 4 members (excludes halogenated alkanes) is 2. The van der Waals surface area contributed by atoms with Gasteiger partial charge in [0.2, 0.25) is 0 Å². The third-order valence-corrected chi connectivity index (χ3v) is 4.56. The molecule has 0 aliphatic carbocycles. The van der Waals surface area contributed by atoms with E-state index in [1.165, 1.54) is 7.11 Å². The van der Waals surface area contributed by atoms with Gasteiger partial charge in [0.05, 0.1) is 18.9 Å². The zero-order valence-electron chi connectivity index (χ0n) is 19.2. The first-order valence-corrected chi connectivity index (χ1v) is 10.6. The molecule has 0 aliphatic rings. The lowest BCUT2D eigenvalue weighted by molar-refractivity contribution is 0.213. The summed E-state index contributed by atoms with van der Waals surface area (Å²) in [6.45, 7) is 9.73. The molecule has 0 atom stereocenters. The maximum absolute atomic E-state index is 6.01. The average molecular weight is 428 g/mol. The molecule has 0 radical (unpaired) electrons. The lowest BCUT2D eigenvalue weighted by Gasteiger charge is -2.14. The molecule has 0 fully saturated rings. The first-order chi connectivity index (χ1) is 15.0. The molecule has 0 unspecified atom stereocenters. The minimum absolute atomic E-state index is 0.369. The highest BCUT2D eigenvalue weighted by molar-refractivity contribution is 5.97. The molecule has 0 N–H and O–H groups in total. The predicted octanol–water partition coefficient (Wildman–Crippen LogP) is 5.05. The van der Waals surface area contributed by atoms with Crippen LogP contribution in [0.4, 0.5) is 0 Å². The summed E-state index contributed by atoms with van der Waals surface area (Å²) >= 11 is 0. The van der Waals surface area contributed by atoms with Gasteiger partial charge in [-0.05, 0) is 70.2 Å². The normalized spacial score (nSPS) is 11.6. The van der Waals surface area contributed by atoms with Crippen molar-refractivity contribution in [2.75, 3.05) is 26.9 Å². The fourth-order valence-electron chi connectivity index (χ4n) is 2.95. The maximum Gasteiger partial charge on any atom is 0.316 e. The molecule has 0 saturated carbocycles. The predicted molar refractivity (Wildman–Crippen MR) is 122 cm³/mol. The number of aryl methyl sites for hydroxylation is 2. The van der Waals surface area contributed by atoms with Crippen molar-refractivity contribution < 1.29 is 19.0 Å². The molecule has 1 aromatic carbocycles. The minimum Gasteiger partial charge on any atom is -0.493 e. The van der Waals surface area contributed by atoms with Gasteiger partial charge in [-0.1, -0.05) is 17.3 Å². The largest absolute Gasteiger partial charge is 0.493 e. The molecule has 168 valence electrons. The van der Waals surface area contributed by atoms with Crippen LogP contribution in [-0.4, -0.2) is 42.6 Å². The van der Waals surface area contributed by atoms with Gasteiger partial charge in [-0.3, -0.25) is 0 Å². The Balaban J connectivity index is 1.67. The van der Waals surface area contributed by atoms with Crippen molar-refractivity contribution >= 4 is 5.71 Å². The summed E-state index contributed by atoms with van der Waals surface area (Å²) in [4.78, 5) is 13.1. The Kier molecular flexibility index (Phi) is 10.3. The average Bonchev–Trinajstić information content (AvgIpc) is 2.75.